The Balaban J connectivity index is 3.33. The van der Waals surface area contributed by atoms with Gasteiger partial charge in [-0.15, -0.1) is 0 Å². The molecule has 0 aromatic heterocycles. The molecule has 2 unspecified atom stereocenters. The van der Waals surface area contributed by atoms with Crippen LogP contribution in [0.4, 0.5) is 0 Å². The number of aliphatic carboxylic acids is 1. The number of nitrogens with two attached hydrogens (primary N) is 1. The molecule has 90 valence electrons. The molecular weight excluding hydrogens is 194 g/mol. The number of unbranched alkanes of at least 4 members (excludes halogenated alkanes) is 1. The molecule has 4 heteroatoms. The van der Waals surface area contributed by atoms with Crippen molar-refractivity contribution in [2.45, 2.75) is 58.1 Å². The molecule has 0 saturated heterocycles. The molecule has 0 spiro atoms. The average Bonchev–Trinajstić information content (AvgIpc) is 2.20. The summed E-state index contributed by atoms with van der Waals surface area (Å²) in [5.41, 5.74) is 5.38. The van der Waals surface area contributed by atoms with Crippen molar-refractivity contribution in [1.82, 2.24) is 0 Å². The number of carbonyl (C=O) groups is 1. The monoisotopic (exact) mass is 217 g/mol. The van der Waals surface area contributed by atoms with Crippen LogP contribution in [-0.4, -0.2) is 29.8 Å². The third-order valence-electron chi connectivity index (χ3n) is 2.30. The molecule has 0 amide bonds. The van der Waals surface area contributed by atoms with Gasteiger partial charge < -0.3 is 15.6 Å². The minimum Gasteiger partial charge on any atom is -0.480 e. The zero-order valence-corrected chi connectivity index (χ0v) is 9.74. The summed E-state index contributed by atoms with van der Waals surface area (Å²) < 4.78 is 5.50. The maximum Gasteiger partial charge on any atom is 0.320 e. The first-order chi connectivity index (χ1) is 7.07. The summed E-state index contributed by atoms with van der Waals surface area (Å²) >= 11 is 0. The van der Waals surface area contributed by atoms with Crippen LogP contribution in [0, 0.1) is 0 Å². The summed E-state index contributed by atoms with van der Waals surface area (Å²) in [6, 6.07) is -0.711. The van der Waals surface area contributed by atoms with E-state index in [9.17, 15) is 4.79 Å². The first kappa shape index (κ1) is 14.4. The van der Waals surface area contributed by atoms with Crippen LogP contribution in [0.1, 0.15) is 46.0 Å². The number of rotatable bonds is 9. The summed E-state index contributed by atoms with van der Waals surface area (Å²) in [5.74, 6) is -0.912. The molecule has 15 heavy (non-hydrogen) atoms. The Hall–Kier alpha value is -0.610. The highest BCUT2D eigenvalue weighted by Gasteiger charge is 2.10. The van der Waals surface area contributed by atoms with Crippen molar-refractivity contribution in [3.05, 3.63) is 0 Å². The fourth-order valence-electron chi connectivity index (χ4n) is 1.32. The number of carboxylic acid groups (broad SMARTS) is 1. The van der Waals surface area contributed by atoms with Crippen LogP contribution in [-0.2, 0) is 9.53 Å². The van der Waals surface area contributed by atoms with Gasteiger partial charge in [0, 0.05) is 6.61 Å². The first-order valence-corrected chi connectivity index (χ1v) is 5.68. The Morgan fingerprint density at radius 2 is 2.00 bits per heavy atom. The lowest BCUT2D eigenvalue weighted by atomic mass is 10.1. The van der Waals surface area contributed by atoms with Crippen molar-refractivity contribution in [2.24, 2.45) is 5.73 Å². The van der Waals surface area contributed by atoms with Crippen molar-refractivity contribution in [1.29, 1.82) is 0 Å². The average molecular weight is 217 g/mol. The van der Waals surface area contributed by atoms with Gasteiger partial charge in [0.05, 0.1) is 6.10 Å². The van der Waals surface area contributed by atoms with E-state index >= 15 is 0 Å². The van der Waals surface area contributed by atoms with Crippen LogP contribution >= 0.6 is 0 Å². The Bertz CT molecular complexity index is 173. The zero-order valence-electron chi connectivity index (χ0n) is 9.74. The van der Waals surface area contributed by atoms with Crippen LogP contribution in [0.25, 0.3) is 0 Å². The normalized spacial score (nSPS) is 14.9. The maximum absolute atomic E-state index is 10.4. The summed E-state index contributed by atoms with van der Waals surface area (Å²) in [4.78, 5) is 10.4. The molecule has 3 N–H and O–H groups in total. The minimum atomic E-state index is -0.912. The molecule has 0 aliphatic rings. The van der Waals surface area contributed by atoms with E-state index in [2.05, 4.69) is 6.92 Å². The highest BCUT2D eigenvalue weighted by molar-refractivity contribution is 5.72. The highest BCUT2D eigenvalue weighted by atomic mass is 16.5. The highest BCUT2D eigenvalue weighted by Crippen LogP contribution is 2.08. The predicted octanol–water partition coefficient (Wildman–Crippen LogP) is 1.77. The third kappa shape index (κ3) is 8.39. The van der Waals surface area contributed by atoms with Gasteiger partial charge in [-0.1, -0.05) is 19.8 Å². The van der Waals surface area contributed by atoms with Crippen LogP contribution < -0.4 is 5.73 Å². The van der Waals surface area contributed by atoms with E-state index in [4.69, 9.17) is 15.6 Å². The third-order valence-corrected chi connectivity index (χ3v) is 2.30. The van der Waals surface area contributed by atoms with Crippen molar-refractivity contribution < 1.29 is 14.6 Å². The lowest BCUT2D eigenvalue weighted by Gasteiger charge is -2.12. The quantitative estimate of drug-likeness (QED) is 0.577. The summed E-state index contributed by atoms with van der Waals surface area (Å²) in [6.45, 7) is 4.93. The smallest absolute Gasteiger partial charge is 0.320 e. The second-order valence-corrected chi connectivity index (χ2v) is 3.91. The van der Waals surface area contributed by atoms with E-state index in [1.165, 1.54) is 0 Å². The molecule has 0 aromatic carbocycles. The predicted molar refractivity (Wildman–Crippen MR) is 59.8 cm³/mol. The van der Waals surface area contributed by atoms with E-state index in [1.54, 1.807) is 0 Å². The SMILES string of the molecule is CCCOC(C)CCCCC(N)C(=O)O. The number of carboxylic acids is 1. The molecule has 0 aromatic rings. The second-order valence-electron chi connectivity index (χ2n) is 3.91. The van der Waals surface area contributed by atoms with E-state index in [0.29, 0.717) is 6.42 Å². The zero-order chi connectivity index (χ0) is 11.7. The van der Waals surface area contributed by atoms with Crippen LogP contribution in [0.3, 0.4) is 0 Å². The Morgan fingerprint density at radius 3 is 2.53 bits per heavy atom. The second kappa shape index (κ2) is 8.68. The van der Waals surface area contributed by atoms with Gasteiger partial charge in [0.15, 0.2) is 0 Å². The molecule has 2 atom stereocenters. The molecule has 0 bridgehead atoms. The Kier molecular flexibility index (Phi) is 8.33. The van der Waals surface area contributed by atoms with Crippen molar-refractivity contribution in [2.75, 3.05) is 6.61 Å². The molecule has 0 heterocycles. The fourth-order valence-corrected chi connectivity index (χ4v) is 1.32. The van der Waals surface area contributed by atoms with Gasteiger partial charge in [0.25, 0.3) is 0 Å². The van der Waals surface area contributed by atoms with E-state index < -0.39 is 12.0 Å². The summed E-state index contributed by atoms with van der Waals surface area (Å²) in [7, 11) is 0. The lowest BCUT2D eigenvalue weighted by molar-refractivity contribution is -0.138. The minimum absolute atomic E-state index is 0.269. The van der Waals surface area contributed by atoms with Gasteiger partial charge in [-0.2, -0.15) is 0 Å². The molecule has 0 aliphatic carbocycles. The fraction of sp³-hybridized carbons (Fsp3) is 0.909. The van der Waals surface area contributed by atoms with Gasteiger partial charge >= 0.3 is 5.97 Å². The van der Waals surface area contributed by atoms with Gasteiger partial charge in [-0.05, 0) is 26.2 Å². The number of ether oxygens (including phenoxy) is 1. The van der Waals surface area contributed by atoms with Gasteiger partial charge in [0.1, 0.15) is 6.04 Å². The molecule has 0 aliphatic heterocycles. The first-order valence-electron chi connectivity index (χ1n) is 5.68. The van der Waals surface area contributed by atoms with Gasteiger partial charge in [0.2, 0.25) is 0 Å². The van der Waals surface area contributed by atoms with Gasteiger partial charge in [-0.25, -0.2) is 0 Å². The summed E-state index contributed by atoms with van der Waals surface area (Å²) in [5, 5.41) is 8.56. The van der Waals surface area contributed by atoms with Crippen LogP contribution in [0.5, 0.6) is 0 Å². The van der Waals surface area contributed by atoms with Crippen LogP contribution in [0.15, 0.2) is 0 Å². The van der Waals surface area contributed by atoms with E-state index in [-0.39, 0.29) is 6.10 Å². The molecular formula is C11H23NO3. The van der Waals surface area contributed by atoms with Gasteiger partial charge in [-0.3, -0.25) is 4.79 Å². The van der Waals surface area contributed by atoms with E-state index in [0.717, 1.165) is 32.3 Å². The molecule has 0 saturated carbocycles. The van der Waals surface area contributed by atoms with Crippen molar-refractivity contribution in [3.63, 3.8) is 0 Å². The lowest BCUT2D eigenvalue weighted by Crippen LogP contribution is -2.29. The maximum atomic E-state index is 10.4. The molecule has 0 rings (SSSR count). The van der Waals surface area contributed by atoms with E-state index in [1.807, 2.05) is 6.92 Å². The molecule has 0 radical (unpaired) electrons. The topological polar surface area (TPSA) is 72.5 Å². The number of hydrogen-bond acceptors (Lipinski definition) is 3. The Morgan fingerprint density at radius 1 is 1.40 bits per heavy atom. The largest absolute Gasteiger partial charge is 0.480 e. The number of hydrogen-bond donors (Lipinski definition) is 2. The molecule has 0 fully saturated rings. The summed E-state index contributed by atoms with van der Waals surface area (Å²) in [6.07, 6.45) is 4.67. The van der Waals surface area contributed by atoms with Crippen molar-refractivity contribution >= 4 is 5.97 Å². The standard InChI is InChI=1S/C11H23NO3/c1-3-8-15-9(2)6-4-5-7-10(12)11(13)14/h9-10H,3-8,12H2,1-2H3,(H,13,14). The van der Waals surface area contributed by atoms with Crippen molar-refractivity contribution in [3.8, 4) is 0 Å². The Labute approximate surface area is 91.8 Å². The molecule has 4 nitrogen and oxygen atoms in total. The van der Waals surface area contributed by atoms with Crippen LogP contribution in [0.2, 0.25) is 0 Å².